The van der Waals surface area contributed by atoms with Crippen molar-refractivity contribution in [1.82, 2.24) is 10.3 Å². The minimum absolute atomic E-state index is 0.0678. The lowest BCUT2D eigenvalue weighted by Gasteiger charge is -2.04. The molecule has 0 amide bonds. The molecule has 102 valence electrons. The second-order valence-electron chi connectivity index (χ2n) is 4.58. The summed E-state index contributed by atoms with van der Waals surface area (Å²) >= 11 is 1.24. The number of aliphatic hydroxyl groups is 1. The zero-order chi connectivity index (χ0) is 13.6. The van der Waals surface area contributed by atoms with Crippen LogP contribution in [-0.4, -0.2) is 22.7 Å². The van der Waals surface area contributed by atoms with Crippen LogP contribution < -0.4 is 5.32 Å². The summed E-state index contributed by atoms with van der Waals surface area (Å²) in [6.45, 7) is 0.494. The van der Waals surface area contributed by atoms with E-state index in [1.807, 2.05) is 0 Å². The summed E-state index contributed by atoms with van der Waals surface area (Å²) in [5, 5.41) is 13.3. The molecular formula is C12H11F3N2OS. The predicted molar refractivity (Wildman–Crippen MR) is 66.0 cm³/mol. The minimum Gasteiger partial charge on any atom is -0.392 e. The number of β-amino-alcohol motifs (C(OH)–C–C–N with tert-alkyl or cyclic N) is 1. The summed E-state index contributed by atoms with van der Waals surface area (Å²) in [4.78, 5) is 4.33. The predicted octanol–water partition coefficient (Wildman–Crippen LogP) is 2.71. The first kappa shape index (κ1) is 12.8. The van der Waals surface area contributed by atoms with Crippen LogP contribution in [0.4, 0.5) is 13.2 Å². The Morgan fingerprint density at radius 3 is 2.79 bits per heavy atom. The van der Waals surface area contributed by atoms with Gasteiger partial charge in [-0.2, -0.15) is 13.2 Å². The topological polar surface area (TPSA) is 45.1 Å². The molecule has 0 aliphatic carbocycles. The Bertz CT molecular complexity index is 611. The fraction of sp³-hybridized carbons (Fsp3) is 0.417. The maximum absolute atomic E-state index is 12.6. The first-order valence-electron chi connectivity index (χ1n) is 5.82. The van der Waals surface area contributed by atoms with E-state index in [-0.39, 0.29) is 6.04 Å². The summed E-state index contributed by atoms with van der Waals surface area (Å²) in [7, 11) is 0. The van der Waals surface area contributed by atoms with Gasteiger partial charge in [-0.25, -0.2) is 4.98 Å². The van der Waals surface area contributed by atoms with E-state index in [0.717, 1.165) is 17.1 Å². The molecule has 1 fully saturated rings. The molecule has 0 spiro atoms. The Balaban J connectivity index is 1.97. The standard InChI is InChI=1S/C12H11F3N2OS/c13-12(14,15)6-1-2-8-10(3-6)19-11(17-8)9-4-7(18)5-16-9/h1-3,7,9,16,18H,4-5H2/t7-,9+/m1/s1. The van der Waals surface area contributed by atoms with Gasteiger partial charge >= 0.3 is 6.18 Å². The van der Waals surface area contributed by atoms with E-state index < -0.39 is 17.8 Å². The Morgan fingerprint density at radius 1 is 1.37 bits per heavy atom. The van der Waals surface area contributed by atoms with Gasteiger partial charge in [0.05, 0.1) is 27.9 Å². The van der Waals surface area contributed by atoms with Gasteiger partial charge in [-0.1, -0.05) is 0 Å². The van der Waals surface area contributed by atoms with Gasteiger partial charge in [0.15, 0.2) is 0 Å². The number of hydrogen-bond donors (Lipinski definition) is 2. The highest BCUT2D eigenvalue weighted by atomic mass is 32.1. The zero-order valence-electron chi connectivity index (χ0n) is 9.74. The molecule has 1 aliphatic heterocycles. The molecule has 0 unspecified atom stereocenters. The molecule has 2 atom stereocenters. The third-order valence-corrected chi connectivity index (χ3v) is 4.27. The van der Waals surface area contributed by atoms with E-state index >= 15 is 0 Å². The van der Waals surface area contributed by atoms with Crippen LogP contribution in [0.25, 0.3) is 10.2 Å². The van der Waals surface area contributed by atoms with Gasteiger partial charge in [-0.3, -0.25) is 0 Å². The Morgan fingerprint density at radius 2 is 2.16 bits per heavy atom. The highest BCUT2D eigenvalue weighted by molar-refractivity contribution is 7.18. The van der Waals surface area contributed by atoms with Gasteiger partial charge in [0, 0.05) is 6.54 Å². The van der Waals surface area contributed by atoms with Crippen LogP contribution in [0.2, 0.25) is 0 Å². The second-order valence-corrected chi connectivity index (χ2v) is 5.64. The number of rotatable bonds is 1. The lowest BCUT2D eigenvalue weighted by atomic mass is 10.2. The van der Waals surface area contributed by atoms with Crippen LogP contribution in [-0.2, 0) is 6.18 Å². The SMILES string of the molecule is O[C@H]1CN[C@H](c2nc3ccc(C(F)(F)F)cc3s2)C1. The molecule has 0 radical (unpaired) electrons. The fourth-order valence-electron chi connectivity index (χ4n) is 2.17. The third-order valence-electron chi connectivity index (χ3n) is 3.14. The number of halogens is 3. The van der Waals surface area contributed by atoms with Crippen LogP contribution in [0.15, 0.2) is 18.2 Å². The molecule has 2 heterocycles. The van der Waals surface area contributed by atoms with Crippen LogP contribution in [0.5, 0.6) is 0 Å². The first-order chi connectivity index (χ1) is 8.93. The van der Waals surface area contributed by atoms with Crippen molar-refractivity contribution < 1.29 is 18.3 Å². The Labute approximate surface area is 111 Å². The van der Waals surface area contributed by atoms with E-state index in [4.69, 9.17) is 0 Å². The number of fused-ring (bicyclic) bond motifs is 1. The summed E-state index contributed by atoms with van der Waals surface area (Å²) in [6, 6.07) is 3.50. The third kappa shape index (κ3) is 2.45. The molecular weight excluding hydrogens is 277 g/mol. The number of aromatic nitrogens is 1. The van der Waals surface area contributed by atoms with Crippen molar-refractivity contribution in [1.29, 1.82) is 0 Å². The summed E-state index contributed by atoms with van der Waals surface area (Å²) < 4.78 is 38.4. The molecule has 7 heteroatoms. The number of hydrogen-bond acceptors (Lipinski definition) is 4. The minimum atomic E-state index is -4.33. The molecule has 19 heavy (non-hydrogen) atoms. The van der Waals surface area contributed by atoms with Gasteiger partial charge < -0.3 is 10.4 Å². The Kier molecular flexibility index (Phi) is 2.99. The molecule has 2 aromatic rings. The monoisotopic (exact) mass is 288 g/mol. The van der Waals surface area contributed by atoms with Crippen molar-refractivity contribution in [2.24, 2.45) is 0 Å². The number of alkyl halides is 3. The molecule has 3 rings (SSSR count). The molecule has 1 saturated heterocycles. The van der Waals surface area contributed by atoms with E-state index in [2.05, 4.69) is 10.3 Å². The summed E-state index contributed by atoms with van der Waals surface area (Å²) in [5.74, 6) is 0. The van der Waals surface area contributed by atoms with E-state index in [9.17, 15) is 18.3 Å². The molecule has 1 aromatic heterocycles. The number of nitrogens with one attached hydrogen (secondary N) is 1. The maximum Gasteiger partial charge on any atom is 0.416 e. The number of aliphatic hydroxyl groups excluding tert-OH is 1. The van der Waals surface area contributed by atoms with Crippen molar-refractivity contribution in [3.8, 4) is 0 Å². The van der Waals surface area contributed by atoms with Gasteiger partial charge in [-0.05, 0) is 24.6 Å². The zero-order valence-corrected chi connectivity index (χ0v) is 10.6. The van der Waals surface area contributed by atoms with Crippen molar-refractivity contribution in [3.05, 3.63) is 28.8 Å². The lowest BCUT2D eigenvalue weighted by molar-refractivity contribution is -0.137. The van der Waals surface area contributed by atoms with Gasteiger partial charge in [0.1, 0.15) is 5.01 Å². The second kappa shape index (κ2) is 4.43. The van der Waals surface area contributed by atoms with Gasteiger partial charge in [-0.15, -0.1) is 11.3 Å². The summed E-state index contributed by atoms with van der Waals surface area (Å²) in [5.41, 5.74) is -0.0918. The number of nitrogens with zero attached hydrogens (tertiary/aromatic N) is 1. The molecule has 1 aromatic carbocycles. The molecule has 0 bridgehead atoms. The van der Waals surface area contributed by atoms with E-state index in [1.54, 1.807) is 0 Å². The van der Waals surface area contributed by atoms with Crippen molar-refractivity contribution in [2.75, 3.05) is 6.54 Å². The van der Waals surface area contributed by atoms with Crippen LogP contribution >= 0.6 is 11.3 Å². The smallest absolute Gasteiger partial charge is 0.392 e. The largest absolute Gasteiger partial charge is 0.416 e. The van der Waals surface area contributed by atoms with Crippen LogP contribution in [0.1, 0.15) is 23.0 Å². The molecule has 1 aliphatic rings. The van der Waals surface area contributed by atoms with Gasteiger partial charge in [0.25, 0.3) is 0 Å². The van der Waals surface area contributed by atoms with E-state index in [1.165, 1.54) is 17.4 Å². The van der Waals surface area contributed by atoms with Gasteiger partial charge in [0.2, 0.25) is 0 Å². The van der Waals surface area contributed by atoms with Crippen molar-refractivity contribution >= 4 is 21.6 Å². The average molecular weight is 288 g/mol. The molecule has 0 saturated carbocycles. The number of benzene rings is 1. The lowest BCUT2D eigenvalue weighted by Crippen LogP contribution is -2.14. The molecule has 2 N–H and O–H groups in total. The number of thiazole rings is 1. The quantitative estimate of drug-likeness (QED) is 0.848. The van der Waals surface area contributed by atoms with Crippen LogP contribution in [0, 0.1) is 0 Å². The van der Waals surface area contributed by atoms with Crippen molar-refractivity contribution in [3.63, 3.8) is 0 Å². The van der Waals surface area contributed by atoms with Crippen molar-refractivity contribution in [2.45, 2.75) is 24.7 Å². The normalized spacial score (nSPS) is 24.2. The maximum atomic E-state index is 12.6. The highest BCUT2D eigenvalue weighted by Crippen LogP contribution is 2.35. The molecule has 3 nitrogen and oxygen atoms in total. The fourth-order valence-corrected chi connectivity index (χ4v) is 3.27. The highest BCUT2D eigenvalue weighted by Gasteiger charge is 2.31. The first-order valence-corrected chi connectivity index (χ1v) is 6.64. The average Bonchev–Trinajstić information content (AvgIpc) is 2.92. The summed E-state index contributed by atoms with van der Waals surface area (Å²) in [6.07, 6.45) is -4.20. The van der Waals surface area contributed by atoms with Crippen LogP contribution in [0.3, 0.4) is 0 Å². The van der Waals surface area contributed by atoms with E-state index in [0.29, 0.717) is 23.2 Å². The Hall–Kier alpha value is -1.18.